The highest BCUT2D eigenvalue weighted by molar-refractivity contribution is 6.30. The Morgan fingerprint density at radius 1 is 1.33 bits per heavy atom. The van der Waals surface area contributed by atoms with Crippen LogP contribution in [0.2, 0.25) is 5.02 Å². The van der Waals surface area contributed by atoms with Crippen molar-refractivity contribution < 1.29 is 14.3 Å². The van der Waals surface area contributed by atoms with Crippen LogP contribution in [0.5, 0.6) is 0 Å². The van der Waals surface area contributed by atoms with Gasteiger partial charge in [0.15, 0.2) is 0 Å². The van der Waals surface area contributed by atoms with Gasteiger partial charge in [0.25, 0.3) is 0 Å². The lowest BCUT2D eigenvalue weighted by Crippen LogP contribution is -2.24. The summed E-state index contributed by atoms with van der Waals surface area (Å²) in [4.78, 5) is 13.3. The highest BCUT2D eigenvalue weighted by Crippen LogP contribution is 2.37. The second-order valence-electron chi connectivity index (χ2n) is 5.08. The molecule has 0 saturated carbocycles. The number of nitrogens with zero attached hydrogens (tertiary/aromatic N) is 1. The van der Waals surface area contributed by atoms with Gasteiger partial charge in [0.1, 0.15) is 11.7 Å². The van der Waals surface area contributed by atoms with Crippen molar-refractivity contribution >= 4 is 23.3 Å². The summed E-state index contributed by atoms with van der Waals surface area (Å²) in [5.41, 5.74) is 2.57. The van der Waals surface area contributed by atoms with E-state index in [0.717, 1.165) is 16.8 Å². The average Bonchev–Trinajstić information content (AvgIpc) is 2.82. The van der Waals surface area contributed by atoms with Gasteiger partial charge in [-0.2, -0.15) is 0 Å². The number of hydrogen-bond acceptors (Lipinski definition) is 2. The summed E-state index contributed by atoms with van der Waals surface area (Å²) in [7, 11) is 0. The van der Waals surface area contributed by atoms with Gasteiger partial charge in [-0.3, -0.25) is 4.79 Å². The van der Waals surface area contributed by atoms with Crippen molar-refractivity contribution in [2.75, 3.05) is 11.4 Å². The molecule has 1 aliphatic heterocycles. The zero-order valence-electron chi connectivity index (χ0n) is 11.1. The lowest BCUT2D eigenvalue weighted by atomic mass is 10.0. The third-order valence-corrected chi connectivity index (χ3v) is 4.00. The summed E-state index contributed by atoms with van der Waals surface area (Å²) in [5, 5.41) is 9.41. The Morgan fingerprint density at radius 3 is 2.81 bits per heavy atom. The molecule has 108 valence electrons. The first-order valence-electron chi connectivity index (χ1n) is 6.57. The van der Waals surface area contributed by atoms with Crippen LogP contribution in [-0.2, 0) is 11.3 Å². The second kappa shape index (κ2) is 5.37. The number of fused-ring (bicyclic) bond motifs is 1. The van der Waals surface area contributed by atoms with E-state index in [1.54, 1.807) is 12.1 Å². The molecular weight excluding hydrogens is 293 g/mol. The van der Waals surface area contributed by atoms with Gasteiger partial charge in [-0.1, -0.05) is 35.9 Å². The minimum Gasteiger partial charge on any atom is -0.481 e. The lowest BCUT2D eigenvalue weighted by Gasteiger charge is -2.19. The van der Waals surface area contributed by atoms with E-state index in [1.165, 1.54) is 6.07 Å². The molecule has 0 spiro atoms. The number of anilines is 1. The van der Waals surface area contributed by atoms with Crippen molar-refractivity contribution in [3.63, 3.8) is 0 Å². The molecular formula is C16H13ClFNO2. The minimum atomic E-state index is -0.831. The van der Waals surface area contributed by atoms with Gasteiger partial charge in [0.2, 0.25) is 0 Å². The number of carbonyl (C=O) groups is 1. The fraction of sp³-hybridized carbons (Fsp3) is 0.188. The Morgan fingerprint density at radius 2 is 2.10 bits per heavy atom. The Bertz CT molecular complexity index is 704. The molecule has 0 aromatic heterocycles. The molecule has 3 rings (SSSR count). The minimum absolute atomic E-state index is 0.0785. The number of rotatable bonds is 3. The zero-order chi connectivity index (χ0) is 15.0. The average molecular weight is 306 g/mol. The van der Waals surface area contributed by atoms with Crippen LogP contribution >= 0.6 is 11.6 Å². The Hall–Kier alpha value is -2.07. The number of halogens is 2. The highest BCUT2D eigenvalue weighted by Gasteiger charge is 2.33. The Labute approximate surface area is 126 Å². The third kappa shape index (κ3) is 2.59. The number of hydrogen-bond donors (Lipinski definition) is 1. The molecule has 5 heteroatoms. The molecule has 2 aromatic carbocycles. The van der Waals surface area contributed by atoms with E-state index in [9.17, 15) is 14.3 Å². The number of aliphatic carboxylic acids is 1. The quantitative estimate of drug-likeness (QED) is 0.940. The molecule has 0 saturated heterocycles. The largest absolute Gasteiger partial charge is 0.481 e. The molecule has 0 bridgehead atoms. The zero-order valence-corrected chi connectivity index (χ0v) is 11.8. The van der Waals surface area contributed by atoms with Gasteiger partial charge in [-0.05, 0) is 29.3 Å². The standard InChI is InChI=1S/C16H13ClFNO2/c17-13-7-10(5-6-14(13)18)8-19-9-12(16(20)21)11-3-1-2-4-15(11)19/h1-7,12H,8-9H2,(H,20,21). The molecule has 3 nitrogen and oxygen atoms in total. The van der Waals surface area contributed by atoms with Gasteiger partial charge in [-0.25, -0.2) is 4.39 Å². The molecule has 0 amide bonds. The molecule has 1 N–H and O–H groups in total. The summed E-state index contributed by atoms with van der Waals surface area (Å²) in [5.74, 6) is -1.81. The molecule has 2 aromatic rings. The van der Waals surface area contributed by atoms with Crippen molar-refractivity contribution in [1.82, 2.24) is 0 Å². The van der Waals surface area contributed by atoms with Gasteiger partial charge in [-0.15, -0.1) is 0 Å². The molecule has 21 heavy (non-hydrogen) atoms. The van der Waals surface area contributed by atoms with Crippen molar-refractivity contribution in [3.8, 4) is 0 Å². The van der Waals surface area contributed by atoms with Crippen LogP contribution in [0.1, 0.15) is 17.0 Å². The number of para-hydroxylation sites is 1. The molecule has 1 unspecified atom stereocenters. The van der Waals surface area contributed by atoms with Gasteiger partial charge < -0.3 is 10.0 Å². The van der Waals surface area contributed by atoms with Crippen molar-refractivity contribution in [2.45, 2.75) is 12.5 Å². The third-order valence-electron chi connectivity index (χ3n) is 3.71. The van der Waals surface area contributed by atoms with Gasteiger partial charge in [0.05, 0.1) is 5.02 Å². The number of benzene rings is 2. The van der Waals surface area contributed by atoms with Gasteiger partial charge in [0, 0.05) is 18.8 Å². The molecule has 1 aliphatic rings. The number of carboxylic acids is 1. The van der Waals surface area contributed by atoms with Crippen LogP contribution < -0.4 is 4.90 Å². The second-order valence-corrected chi connectivity index (χ2v) is 5.49. The van der Waals surface area contributed by atoms with Crippen LogP contribution in [0.3, 0.4) is 0 Å². The maximum atomic E-state index is 13.2. The normalized spacial score (nSPS) is 16.9. The van der Waals surface area contributed by atoms with E-state index in [1.807, 2.05) is 29.2 Å². The molecule has 0 radical (unpaired) electrons. The van der Waals surface area contributed by atoms with E-state index >= 15 is 0 Å². The summed E-state index contributed by atoms with van der Waals surface area (Å²) in [6.07, 6.45) is 0. The highest BCUT2D eigenvalue weighted by atomic mass is 35.5. The Kier molecular flexibility index (Phi) is 3.55. The first-order valence-corrected chi connectivity index (χ1v) is 6.94. The maximum Gasteiger partial charge on any atom is 0.312 e. The summed E-state index contributed by atoms with van der Waals surface area (Å²) >= 11 is 5.79. The van der Waals surface area contributed by atoms with Crippen molar-refractivity contribution in [3.05, 3.63) is 64.4 Å². The summed E-state index contributed by atoms with van der Waals surface area (Å²) in [6.45, 7) is 0.907. The Balaban J connectivity index is 1.90. The molecule has 0 aliphatic carbocycles. The van der Waals surface area contributed by atoms with Crippen LogP contribution in [0, 0.1) is 5.82 Å². The van der Waals surface area contributed by atoms with Crippen LogP contribution in [-0.4, -0.2) is 17.6 Å². The smallest absolute Gasteiger partial charge is 0.312 e. The summed E-state index contributed by atoms with van der Waals surface area (Å²) in [6, 6.07) is 12.0. The fourth-order valence-corrected chi connectivity index (χ4v) is 2.91. The molecule has 1 atom stereocenters. The lowest BCUT2D eigenvalue weighted by molar-refractivity contribution is -0.138. The molecule has 0 fully saturated rings. The van der Waals surface area contributed by atoms with Crippen molar-refractivity contribution in [2.24, 2.45) is 0 Å². The topological polar surface area (TPSA) is 40.5 Å². The predicted octanol–water partition coefficient (Wildman–Crippen LogP) is 3.67. The van der Waals surface area contributed by atoms with Crippen molar-refractivity contribution in [1.29, 1.82) is 0 Å². The first-order chi connectivity index (χ1) is 10.1. The van der Waals surface area contributed by atoms with Gasteiger partial charge >= 0.3 is 5.97 Å². The fourth-order valence-electron chi connectivity index (χ4n) is 2.71. The number of carboxylic acid groups (broad SMARTS) is 1. The first kappa shape index (κ1) is 13.9. The molecule has 1 heterocycles. The van der Waals surface area contributed by atoms with E-state index < -0.39 is 17.7 Å². The SMILES string of the molecule is O=C(O)C1CN(Cc2ccc(F)c(Cl)c2)c2ccccc21. The summed E-state index contributed by atoms with van der Waals surface area (Å²) < 4.78 is 13.2. The van der Waals surface area contributed by atoms with Crippen LogP contribution in [0.15, 0.2) is 42.5 Å². The van der Waals surface area contributed by atoms with E-state index in [4.69, 9.17) is 11.6 Å². The van der Waals surface area contributed by atoms with E-state index in [-0.39, 0.29) is 5.02 Å². The predicted molar refractivity (Wildman–Crippen MR) is 79.3 cm³/mol. The van der Waals surface area contributed by atoms with Crippen LogP contribution in [0.4, 0.5) is 10.1 Å². The van der Waals surface area contributed by atoms with E-state index in [2.05, 4.69) is 0 Å². The van der Waals surface area contributed by atoms with Crippen LogP contribution in [0.25, 0.3) is 0 Å². The van der Waals surface area contributed by atoms with E-state index in [0.29, 0.717) is 13.1 Å². The maximum absolute atomic E-state index is 13.2. The monoisotopic (exact) mass is 305 g/mol.